The third kappa shape index (κ3) is 5.73. The molecule has 0 saturated heterocycles. The first-order chi connectivity index (χ1) is 12.4. The molecule has 1 aliphatic carbocycles. The van der Waals surface area contributed by atoms with E-state index in [0.717, 1.165) is 12.8 Å². The molecule has 0 radical (unpaired) electrons. The largest absolute Gasteiger partial charge is 0.493 e. The summed E-state index contributed by atoms with van der Waals surface area (Å²) in [7, 11) is 0. The van der Waals surface area contributed by atoms with E-state index in [1.165, 1.54) is 0 Å². The molecule has 0 atom stereocenters. The fourth-order valence-electron chi connectivity index (χ4n) is 2.98. The number of carbonyl (C=O) groups is 3. The van der Waals surface area contributed by atoms with E-state index in [4.69, 9.17) is 15.6 Å². The number of aliphatic carboxylic acids is 1. The van der Waals surface area contributed by atoms with Crippen LogP contribution in [0.3, 0.4) is 0 Å². The molecule has 1 saturated carbocycles. The van der Waals surface area contributed by atoms with Crippen molar-refractivity contribution in [1.82, 2.24) is 10.2 Å². The van der Waals surface area contributed by atoms with Crippen LogP contribution < -0.4 is 15.8 Å². The van der Waals surface area contributed by atoms with Gasteiger partial charge in [-0.15, -0.1) is 0 Å². The third-order valence-corrected chi connectivity index (χ3v) is 4.46. The van der Waals surface area contributed by atoms with Gasteiger partial charge in [0.1, 0.15) is 5.75 Å². The van der Waals surface area contributed by atoms with E-state index >= 15 is 0 Å². The van der Waals surface area contributed by atoms with Gasteiger partial charge in [-0.05, 0) is 37.6 Å². The average molecular weight is 363 g/mol. The highest BCUT2D eigenvalue weighted by Gasteiger charge is 2.34. The number of likely N-dealkylation sites (N-methyl/N-ethyl adjacent to an activating group) is 1. The number of carbonyl (C=O) groups excluding carboxylic acids is 2. The van der Waals surface area contributed by atoms with E-state index in [1.54, 1.807) is 24.3 Å². The minimum absolute atomic E-state index is 0.0278. The molecule has 26 heavy (non-hydrogen) atoms. The van der Waals surface area contributed by atoms with Gasteiger partial charge in [0.15, 0.2) is 0 Å². The van der Waals surface area contributed by atoms with Gasteiger partial charge in [-0.1, -0.05) is 13.0 Å². The third-order valence-electron chi connectivity index (χ3n) is 4.46. The molecule has 0 unspecified atom stereocenters. The predicted molar refractivity (Wildman–Crippen MR) is 94.9 cm³/mol. The van der Waals surface area contributed by atoms with Crippen LogP contribution in [0.15, 0.2) is 24.3 Å². The molecule has 1 aromatic rings. The highest BCUT2D eigenvalue weighted by Crippen LogP contribution is 2.25. The van der Waals surface area contributed by atoms with Gasteiger partial charge in [0.05, 0.1) is 19.6 Å². The van der Waals surface area contributed by atoms with Gasteiger partial charge in [0.25, 0.3) is 0 Å². The smallest absolute Gasteiger partial charge is 0.317 e. The molecule has 0 aliphatic heterocycles. The number of benzene rings is 1. The second-order valence-electron chi connectivity index (χ2n) is 6.34. The maximum absolute atomic E-state index is 12.0. The van der Waals surface area contributed by atoms with Crippen LogP contribution in [0.25, 0.3) is 0 Å². The van der Waals surface area contributed by atoms with Crippen LogP contribution in [0.4, 0.5) is 0 Å². The van der Waals surface area contributed by atoms with Gasteiger partial charge in [0.2, 0.25) is 11.8 Å². The Bertz CT molecular complexity index is 658. The Kier molecular flexibility index (Phi) is 6.97. The van der Waals surface area contributed by atoms with Gasteiger partial charge in [0, 0.05) is 17.6 Å². The van der Waals surface area contributed by atoms with Gasteiger partial charge in [-0.3, -0.25) is 19.3 Å². The second-order valence-corrected chi connectivity index (χ2v) is 6.34. The second kappa shape index (κ2) is 9.19. The van der Waals surface area contributed by atoms with E-state index in [-0.39, 0.29) is 37.6 Å². The predicted octanol–water partition coefficient (Wildman–Crippen LogP) is 0.608. The van der Waals surface area contributed by atoms with Gasteiger partial charge < -0.3 is 20.9 Å². The molecule has 0 heterocycles. The number of nitrogens with one attached hydrogen (secondary N) is 1. The average Bonchev–Trinajstić information content (AvgIpc) is 2.56. The first kappa shape index (κ1) is 19.7. The number of nitrogens with zero attached hydrogens (tertiary/aromatic N) is 1. The van der Waals surface area contributed by atoms with Crippen LogP contribution in [0.2, 0.25) is 0 Å². The summed E-state index contributed by atoms with van der Waals surface area (Å²) in [5.41, 5.74) is 5.57. The molecule has 0 bridgehead atoms. The molecule has 8 nitrogen and oxygen atoms in total. The number of amides is 2. The van der Waals surface area contributed by atoms with E-state index < -0.39 is 11.9 Å². The molecule has 1 fully saturated rings. The number of hydrogen-bond acceptors (Lipinski definition) is 5. The number of rotatable bonds is 10. The van der Waals surface area contributed by atoms with Crippen molar-refractivity contribution in [2.24, 2.45) is 5.73 Å². The molecular weight excluding hydrogens is 338 g/mol. The van der Waals surface area contributed by atoms with Crippen molar-refractivity contribution in [2.45, 2.75) is 38.3 Å². The van der Waals surface area contributed by atoms with E-state index in [1.807, 2.05) is 11.8 Å². The molecule has 0 aromatic heterocycles. The Balaban J connectivity index is 1.67. The lowest BCUT2D eigenvalue weighted by Crippen LogP contribution is -2.54. The Morgan fingerprint density at radius 3 is 2.69 bits per heavy atom. The fourth-order valence-corrected chi connectivity index (χ4v) is 2.98. The molecule has 1 aromatic carbocycles. The summed E-state index contributed by atoms with van der Waals surface area (Å²) in [6.07, 6.45) is 1.72. The summed E-state index contributed by atoms with van der Waals surface area (Å²) in [5.74, 6) is -0.987. The van der Waals surface area contributed by atoms with Gasteiger partial charge in [-0.25, -0.2) is 0 Å². The number of ether oxygens (including phenoxy) is 1. The number of nitrogens with two attached hydrogens (primary N) is 1. The lowest BCUT2D eigenvalue weighted by atomic mass is 9.85. The molecule has 2 amide bonds. The zero-order chi connectivity index (χ0) is 19.1. The van der Waals surface area contributed by atoms with Crippen molar-refractivity contribution < 1.29 is 24.2 Å². The summed E-state index contributed by atoms with van der Waals surface area (Å²) in [6, 6.07) is 6.78. The van der Waals surface area contributed by atoms with Crippen molar-refractivity contribution in [3.63, 3.8) is 0 Å². The number of carboxylic acid groups (broad SMARTS) is 1. The first-order valence-corrected chi connectivity index (χ1v) is 8.67. The SMILES string of the molecule is CCN(CC(=O)O)C1CC(NC(=O)CCOc2cccc(C(N)=O)c2)C1. The molecule has 1 aliphatic rings. The topological polar surface area (TPSA) is 122 Å². The van der Waals surface area contributed by atoms with Crippen molar-refractivity contribution in [1.29, 1.82) is 0 Å². The summed E-state index contributed by atoms with van der Waals surface area (Å²) in [5, 5.41) is 11.8. The van der Waals surface area contributed by atoms with E-state index in [0.29, 0.717) is 17.9 Å². The van der Waals surface area contributed by atoms with Crippen LogP contribution in [-0.2, 0) is 9.59 Å². The lowest BCUT2D eigenvalue weighted by molar-refractivity contribution is -0.139. The van der Waals surface area contributed by atoms with E-state index in [2.05, 4.69) is 5.32 Å². The molecule has 8 heteroatoms. The fraction of sp³-hybridized carbons (Fsp3) is 0.500. The van der Waals surface area contributed by atoms with Crippen LogP contribution in [0, 0.1) is 0 Å². The number of primary amides is 1. The monoisotopic (exact) mass is 363 g/mol. The standard InChI is InChI=1S/C18H25N3O5/c1-2-21(11-17(23)24)14-9-13(10-14)20-16(22)6-7-26-15-5-3-4-12(8-15)18(19)25/h3-5,8,13-14H,2,6-7,9-11H2,1H3,(H2,19,25)(H,20,22)(H,23,24). The summed E-state index contributed by atoms with van der Waals surface area (Å²) >= 11 is 0. The Morgan fingerprint density at radius 1 is 1.35 bits per heavy atom. The highest BCUT2D eigenvalue weighted by atomic mass is 16.5. The quantitative estimate of drug-likeness (QED) is 0.560. The Morgan fingerprint density at radius 2 is 2.08 bits per heavy atom. The number of carboxylic acids is 1. The minimum Gasteiger partial charge on any atom is -0.493 e. The van der Waals surface area contributed by atoms with E-state index in [9.17, 15) is 14.4 Å². The van der Waals surface area contributed by atoms with Crippen molar-refractivity contribution in [3.8, 4) is 5.75 Å². The Hall–Kier alpha value is -2.61. The van der Waals surface area contributed by atoms with Crippen molar-refractivity contribution >= 4 is 17.8 Å². The minimum atomic E-state index is -0.836. The molecule has 0 spiro atoms. The van der Waals surface area contributed by atoms with Crippen LogP contribution in [0.1, 0.15) is 36.5 Å². The highest BCUT2D eigenvalue weighted by molar-refractivity contribution is 5.93. The molecular formula is C18H25N3O5. The summed E-state index contributed by atoms with van der Waals surface area (Å²) in [6.45, 7) is 2.83. The zero-order valence-corrected chi connectivity index (χ0v) is 14.8. The lowest BCUT2D eigenvalue weighted by Gasteiger charge is -2.42. The van der Waals surface area contributed by atoms with Crippen molar-refractivity contribution in [2.75, 3.05) is 19.7 Å². The van der Waals surface area contributed by atoms with Gasteiger partial charge in [-0.2, -0.15) is 0 Å². The molecule has 4 N–H and O–H groups in total. The zero-order valence-electron chi connectivity index (χ0n) is 14.8. The van der Waals surface area contributed by atoms with Crippen LogP contribution in [0.5, 0.6) is 5.75 Å². The Labute approximate surface area is 152 Å². The van der Waals surface area contributed by atoms with Gasteiger partial charge >= 0.3 is 5.97 Å². The van der Waals surface area contributed by atoms with Crippen molar-refractivity contribution in [3.05, 3.63) is 29.8 Å². The number of hydrogen-bond donors (Lipinski definition) is 3. The molecule has 2 rings (SSSR count). The molecule has 142 valence electrons. The first-order valence-electron chi connectivity index (χ1n) is 8.67. The van der Waals surface area contributed by atoms with Crippen LogP contribution >= 0.6 is 0 Å². The summed E-state index contributed by atoms with van der Waals surface area (Å²) in [4.78, 5) is 35.8. The van der Waals surface area contributed by atoms with Crippen LogP contribution in [-0.4, -0.2) is 59.6 Å². The summed E-state index contributed by atoms with van der Waals surface area (Å²) < 4.78 is 5.48. The normalized spacial score (nSPS) is 18.8. The maximum Gasteiger partial charge on any atom is 0.317 e. The maximum atomic E-state index is 12.0.